The van der Waals surface area contributed by atoms with Crippen molar-refractivity contribution in [1.82, 2.24) is 10.2 Å². The third kappa shape index (κ3) is 3.57. The van der Waals surface area contributed by atoms with Crippen molar-refractivity contribution in [3.63, 3.8) is 0 Å². The summed E-state index contributed by atoms with van der Waals surface area (Å²) in [5.41, 5.74) is 6.83. The molecule has 0 fully saturated rings. The number of rotatable bonds is 4. The van der Waals surface area contributed by atoms with Crippen LogP contribution in [0.2, 0.25) is 0 Å². The summed E-state index contributed by atoms with van der Waals surface area (Å²) in [7, 11) is 3.28. The Morgan fingerprint density at radius 3 is 2.35 bits per heavy atom. The van der Waals surface area contributed by atoms with Crippen LogP contribution in [0.3, 0.4) is 0 Å². The second kappa shape index (κ2) is 6.00. The summed E-state index contributed by atoms with van der Waals surface area (Å²) >= 11 is 0. The fourth-order valence-corrected chi connectivity index (χ4v) is 1.42. The van der Waals surface area contributed by atoms with Gasteiger partial charge in [-0.1, -0.05) is 12.1 Å². The molecule has 0 radical (unpaired) electrons. The zero-order valence-electron chi connectivity index (χ0n) is 10.1. The minimum atomic E-state index is -0.122. The van der Waals surface area contributed by atoms with Gasteiger partial charge in [0.15, 0.2) is 0 Å². The van der Waals surface area contributed by atoms with Crippen molar-refractivity contribution in [1.29, 1.82) is 0 Å². The van der Waals surface area contributed by atoms with Gasteiger partial charge in [-0.3, -0.25) is 9.59 Å². The highest BCUT2D eigenvalue weighted by molar-refractivity contribution is 5.93. The van der Waals surface area contributed by atoms with Crippen LogP contribution < -0.4 is 11.1 Å². The molecule has 0 unspecified atom stereocenters. The van der Waals surface area contributed by atoms with Crippen molar-refractivity contribution in [3.05, 3.63) is 35.4 Å². The lowest BCUT2D eigenvalue weighted by Crippen LogP contribution is -2.32. The summed E-state index contributed by atoms with van der Waals surface area (Å²) < 4.78 is 0. The molecular formula is C12H17N3O2. The number of carbonyl (C=O) groups is 2. The molecule has 1 rings (SSSR count). The van der Waals surface area contributed by atoms with Gasteiger partial charge in [0.2, 0.25) is 5.91 Å². The molecule has 0 atom stereocenters. The van der Waals surface area contributed by atoms with Gasteiger partial charge in [-0.15, -0.1) is 0 Å². The molecule has 0 aromatic heterocycles. The molecule has 1 aromatic carbocycles. The lowest BCUT2D eigenvalue weighted by molar-refractivity contribution is -0.128. The van der Waals surface area contributed by atoms with Crippen LogP contribution in [0.1, 0.15) is 15.9 Å². The van der Waals surface area contributed by atoms with Crippen molar-refractivity contribution >= 4 is 11.8 Å². The van der Waals surface area contributed by atoms with E-state index in [4.69, 9.17) is 5.73 Å². The summed E-state index contributed by atoms with van der Waals surface area (Å²) in [6, 6.07) is 7.11. The van der Waals surface area contributed by atoms with Gasteiger partial charge in [-0.2, -0.15) is 0 Å². The number of nitrogens with two attached hydrogens (primary N) is 1. The van der Waals surface area contributed by atoms with Crippen LogP contribution in [-0.4, -0.2) is 37.4 Å². The Labute approximate surface area is 101 Å². The molecule has 17 heavy (non-hydrogen) atoms. The predicted molar refractivity (Wildman–Crippen MR) is 65.4 cm³/mol. The van der Waals surface area contributed by atoms with Crippen molar-refractivity contribution in [2.45, 2.75) is 6.54 Å². The Hall–Kier alpha value is -1.88. The van der Waals surface area contributed by atoms with E-state index in [-0.39, 0.29) is 18.4 Å². The highest BCUT2D eigenvalue weighted by Crippen LogP contribution is 2.06. The number of hydrogen-bond acceptors (Lipinski definition) is 3. The van der Waals surface area contributed by atoms with Crippen LogP contribution in [0.15, 0.2) is 24.3 Å². The van der Waals surface area contributed by atoms with Crippen LogP contribution in [0.4, 0.5) is 0 Å². The topological polar surface area (TPSA) is 75.4 Å². The molecule has 0 heterocycles. The van der Waals surface area contributed by atoms with Crippen molar-refractivity contribution in [3.8, 4) is 0 Å². The van der Waals surface area contributed by atoms with E-state index in [1.165, 1.54) is 0 Å². The zero-order chi connectivity index (χ0) is 12.8. The minimum Gasteiger partial charge on any atom is -0.355 e. The van der Waals surface area contributed by atoms with E-state index in [9.17, 15) is 9.59 Å². The number of hydrogen-bond donors (Lipinski definition) is 2. The second-order valence-corrected chi connectivity index (χ2v) is 3.73. The molecule has 0 saturated carbocycles. The van der Waals surface area contributed by atoms with Crippen LogP contribution in [0.5, 0.6) is 0 Å². The van der Waals surface area contributed by atoms with Crippen LogP contribution in [0.25, 0.3) is 0 Å². The smallest absolute Gasteiger partial charge is 0.251 e. The summed E-state index contributed by atoms with van der Waals surface area (Å²) in [5, 5.41) is 2.55. The Bertz CT molecular complexity index is 401. The first-order chi connectivity index (χ1) is 8.08. The Morgan fingerprint density at radius 1 is 1.29 bits per heavy atom. The van der Waals surface area contributed by atoms with E-state index >= 15 is 0 Å². The Kier molecular flexibility index (Phi) is 4.66. The fourth-order valence-electron chi connectivity index (χ4n) is 1.42. The molecule has 92 valence electrons. The summed E-state index contributed by atoms with van der Waals surface area (Å²) in [5.74, 6) is -0.233. The number of nitrogens with zero attached hydrogens (tertiary/aromatic N) is 1. The molecule has 2 amide bonds. The van der Waals surface area contributed by atoms with Crippen LogP contribution in [0, 0.1) is 0 Å². The first-order valence-electron chi connectivity index (χ1n) is 5.33. The first-order valence-corrected chi connectivity index (χ1v) is 5.33. The number of nitrogens with one attached hydrogen (secondary N) is 1. The highest BCUT2D eigenvalue weighted by atomic mass is 16.2. The molecular weight excluding hydrogens is 218 g/mol. The second-order valence-electron chi connectivity index (χ2n) is 3.73. The molecule has 0 spiro atoms. The number of likely N-dealkylation sites (N-methyl/N-ethyl adjacent to an activating group) is 1. The monoisotopic (exact) mass is 235 g/mol. The lowest BCUT2D eigenvalue weighted by atomic mass is 10.1. The van der Waals surface area contributed by atoms with Crippen molar-refractivity contribution < 1.29 is 9.59 Å². The molecule has 0 bridgehead atoms. The highest BCUT2D eigenvalue weighted by Gasteiger charge is 2.07. The van der Waals surface area contributed by atoms with Gasteiger partial charge < -0.3 is 16.0 Å². The third-order valence-electron chi connectivity index (χ3n) is 2.46. The number of amides is 2. The molecule has 0 aliphatic carbocycles. The fraction of sp³-hybridized carbons (Fsp3) is 0.333. The average molecular weight is 235 g/mol. The third-order valence-corrected chi connectivity index (χ3v) is 2.46. The molecule has 3 N–H and O–H groups in total. The predicted octanol–water partition coefficient (Wildman–Crippen LogP) is -0.0367. The summed E-state index contributed by atoms with van der Waals surface area (Å²) in [4.78, 5) is 24.1. The normalized spacial score (nSPS) is 9.82. The van der Waals surface area contributed by atoms with E-state index in [0.29, 0.717) is 12.1 Å². The summed E-state index contributed by atoms with van der Waals surface area (Å²) in [6.07, 6.45) is 0. The van der Waals surface area contributed by atoms with E-state index in [0.717, 1.165) is 5.56 Å². The summed E-state index contributed by atoms with van der Waals surface area (Å²) in [6.45, 7) is 0.497. The Morgan fingerprint density at radius 2 is 1.88 bits per heavy atom. The van der Waals surface area contributed by atoms with Gasteiger partial charge in [-0.05, 0) is 17.7 Å². The maximum absolute atomic E-state index is 11.3. The Balaban J connectivity index is 2.68. The van der Waals surface area contributed by atoms with E-state index in [1.807, 2.05) is 12.1 Å². The number of carbonyl (C=O) groups excluding carboxylic acids is 2. The van der Waals surface area contributed by atoms with Gasteiger partial charge in [0, 0.05) is 26.2 Å². The maximum Gasteiger partial charge on any atom is 0.251 e. The largest absolute Gasteiger partial charge is 0.355 e. The molecule has 1 aromatic rings. The van der Waals surface area contributed by atoms with Crippen LogP contribution in [-0.2, 0) is 11.3 Å². The maximum atomic E-state index is 11.3. The number of benzene rings is 1. The molecule has 0 aliphatic heterocycles. The van der Waals surface area contributed by atoms with Gasteiger partial charge in [0.05, 0.1) is 6.54 Å². The average Bonchev–Trinajstić information content (AvgIpc) is 2.37. The van der Waals surface area contributed by atoms with Gasteiger partial charge in [0.1, 0.15) is 0 Å². The van der Waals surface area contributed by atoms with Crippen molar-refractivity contribution in [2.75, 3.05) is 20.6 Å². The van der Waals surface area contributed by atoms with E-state index in [1.54, 1.807) is 31.1 Å². The van der Waals surface area contributed by atoms with Gasteiger partial charge >= 0.3 is 0 Å². The molecule has 0 aliphatic rings. The van der Waals surface area contributed by atoms with Crippen LogP contribution >= 0.6 is 0 Å². The molecule has 5 heteroatoms. The molecule has 0 saturated heterocycles. The quantitative estimate of drug-likeness (QED) is 0.769. The van der Waals surface area contributed by atoms with Crippen molar-refractivity contribution in [2.24, 2.45) is 5.73 Å². The zero-order valence-corrected chi connectivity index (χ0v) is 10.1. The SMILES string of the molecule is CNC(=O)c1ccc(CN(C)C(=O)CN)cc1. The minimum absolute atomic E-state index is 0.00677. The van der Waals surface area contributed by atoms with Gasteiger partial charge in [0.25, 0.3) is 5.91 Å². The first kappa shape index (κ1) is 13.2. The lowest BCUT2D eigenvalue weighted by Gasteiger charge is -2.16. The van der Waals surface area contributed by atoms with E-state index in [2.05, 4.69) is 5.32 Å². The molecule has 5 nitrogen and oxygen atoms in total. The standard InChI is InChI=1S/C12H17N3O2/c1-14-12(17)10-5-3-9(4-6-10)8-15(2)11(16)7-13/h3-6H,7-8,13H2,1-2H3,(H,14,17). The van der Waals surface area contributed by atoms with Gasteiger partial charge in [-0.25, -0.2) is 0 Å². The van der Waals surface area contributed by atoms with E-state index < -0.39 is 0 Å².